The number of amidine groups is 1. The summed E-state index contributed by atoms with van der Waals surface area (Å²) in [5.74, 6) is 0.540. The van der Waals surface area contributed by atoms with E-state index in [0.29, 0.717) is 22.5 Å². The number of rotatable bonds is 5. The van der Waals surface area contributed by atoms with Gasteiger partial charge in [0.25, 0.3) is 0 Å². The summed E-state index contributed by atoms with van der Waals surface area (Å²) < 4.78 is 8.04. The van der Waals surface area contributed by atoms with Gasteiger partial charge < -0.3 is 8.98 Å². The minimum absolute atomic E-state index is 0.367. The fourth-order valence-corrected chi connectivity index (χ4v) is 6.35. The molecule has 8 rings (SSSR count). The van der Waals surface area contributed by atoms with Crippen LogP contribution in [-0.2, 0) is 0 Å². The number of hydrogen-bond donors (Lipinski definition) is 0. The van der Waals surface area contributed by atoms with E-state index in [-0.39, 0.29) is 5.63 Å². The van der Waals surface area contributed by atoms with E-state index in [1.807, 2.05) is 128 Å². The zero-order valence-electron chi connectivity index (χ0n) is 25.7. The fraction of sp³-hybridized carbons (Fsp3) is 0.0238. The predicted octanol–water partition coefficient (Wildman–Crippen LogP) is 9.97. The van der Waals surface area contributed by atoms with Crippen molar-refractivity contribution in [1.82, 2.24) is 4.57 Å². The Bertz CT molecular complexity index is 2610. The lowest BCUT2D eigenvalue weighted by Crippen LogP contribution is -2.06. The lowest BCUT2D eigenvalue weighted by atomic mass is 10.0. The second kappa shape index (κ2) is 11.5. The van der Waals surface area contributed by atoms with E-state index in [0.717, 1.165) is 60.7 Å². The third-order valence-corrected chi connectivity index (χ3v) is 8.60. The minimum atomic E-state index is -0.367. The van der Waals surface area contributed by atoms with Crippen molar-refractivity contribution < 1.29 is 4.42 Å². The van der Waals surface area contributed by atoms with Crippen molar-refractivity contribution in [3.8, 4) is 5.69 Å². The van der Waals surface area contributed by atoms with Crippen molar-refractivity contribution in [1.29, 1.82) is 0 Å². The number of fused-ring (bicyclic) bond motifs is 7. The molecule has 0 aliphatic heterocycles. The summed E-state index contributed by atoms with van der Waals surface area (Å²) >= 11 is 0. The van der Waals surface area contributed by atoms with Crippen molar-refractivity contribution in [2.24, 2.45) is 9.98 Å². The molecule has 0 bridgehead atoms. The summed E-state index contributed by atoms with van der Waals surface area (Å²) in [6.07, 6.45) is 0. The van der Waals surface area contributed by atoms with Crippen molar-refractivity contribution in [3.05, 3.63) is 179 Å². The molecule has 0 unspecified atom stereocenters. The summed E-state index contributed by atoms with van der Waals surface area (Å²) in [5.41, 5.74) is 7.06. The van der Waals surface area contributed by atoms with Crippen molar-refractivity contribution >= 4 is 60.8 Å². The smallest absolute Gasteiger partial charge is 0.346 e. The molecule has 0 N–H and O–H groups in total. The van der Waals surface area contributed by atoms with E-state index in [1.165, 1.54) is 0 Å². The van der Waals surface area contributed by atoms with Crippen LogP contribution in [-0.4, -0.2) is 16.1 Å². The highest BCUT2D eigenvalue weighted by molar-refractivity contribution is 6.22. The standard InChI is InChI=1S/C42H29N3O2/c1-27(29-14-5-3-6-15-29)43-41(44-28(2)30-16-7-4-8-17-30)31-18-13-19-32(26-31)45-37-22-11-9-20-33(37)36-25-24-35-34-21-10-12-23-38(34)47-42(46)39(35)40(36)45/h3-26H,1H2,2H3/b43-41-,44-28+. The Morgan fingerprint density at radius 1 is 0.617 bits per heavy atom. The number of hydrogen-bond acceptors (Lipinski definition) is 3. The first kappa shape index (κ1) is 28.2. The van der Waals surface area contributed by atoms with Gasteiger partial charge in [-0.2, -0.15) is 0 Å². The summed E-state index contributed by atoms with van der Waals surface area (Å²) in [6, 6.07) is 48.2. The fourth-order valence-electron chi connectivity index (χ4n) is 6.35. The highest BCUT2D eigenvalue weighted by atomic mass is 16.4. The van der Waals surface area contributed by atoms with E-state index in [2.05, 4.69) is 35.4 Å². The molecule has 2 aromatic heterocycles. The largest absolute Gasteiger partial charge is 0.422 e. The van der Waals surface area contributed by atoms with Crippen LogP contribution in [0.15, 0.2) is 171 Å². The molecule has 0 aliphatic rings. The van der Waals surface area contributed by atoms with Crippen LogP contribution in [0.2, 0.25) is 0 Å². The second-order valence-corrected chi connectivity index (χ2v) is 11.5. The highest BCUT2D eigenvalue weighted by Crippen LogP contribution is 2.37. The van der Waals surface area contributed by atoms with Gasteiger partial charge in [0.05, 0.1) is 22.1 Å². The van der Waals surface area contributed by atoms with Gasteiger partial charge in [0.15, 0.2) is 5.84 Å². The van der Waals surface area contributed by atoms with Crippen molar-refractivity contribution in [3.63, 3.8) is 0 Å². The first-order valence-electron chi connectivity index (χ1n) is 15.5. The normalized spacial score (nSPS) is 12.4. The maximum Gasteiger partial charge on any atom is 0.346 e. The van der Waals surface area contributed by atoms with Crippen LogP contribution in [0.1, 0.15) is 23.6 Å². The summed E-state index contributed by atoms with van der Waals surface area (Å²) in [5, 5.41) is 4.33. The van der Waals surface area contributed by atoms with Gasteiger partial charge in [-0.3, -0.25) is 0 Å². The molecule has 47 heavy (non-hydrogen) atoms. The van der Waals surface area contributed by atoms with Gasteiger partial charge in [-0.25, -0.2) is 14.8 Å². The molecule has 224 valence electrons. The van der Waals surface area contributed by atoms with Crippen molar-refractivity contribution in [2.45, 2.75) is 6.92 Å². The summed E-state index contributed by atoms with van der Waals surface area (Å²) in [7, 11) is 0. The molecule has 2 heterocycles. The van der Waals surface area contributed by atoms with Gasteiger partial charge >= 0.3 is 5.63 Å². The summed E-state index contributed by atoms with van der Waals surface area (Å²) in [4.78, 5) is 23.8. The maximum absolute atomic E-state index is 13.7. The average molecular weight is 608 g/mol. The third kappa shape index (κ3) is 4.95. The average Bonchev–Trinajstić information content (AvgIpc) is 3.46. The second-order valence-electron chi connectivity index (χ2n) is 11.5. The molecule has 6 aromatic carbocycles. The van der Waals surface area contributed by atoms with Gasteiger partial charge in [0, 0.05) is 38.5 Å². The van der Waals surface area contributed by atoms with E-state index in [9.17, 15) is 4.79 Å². The van der Waals surface area contributed by atoms with Crippen LogP contribution < -0.4 is 5.63 Å². The Morgan fingerprint density at radius 3 is 2.04 bits per heavy atom. The predicted molar refractivity (Wildman–Crippen MR) is 195 cm³/mol. The molecule has 0 atom stereocenters. The van der Waals surface area contributed by atoms with Crippen LogP contribution in [0.5, 0.6) is 0 Å². The number of benzene rings is 6. The molecular weight excluding hydrogens is 578 g/mol. The van der Waals surface area contributed by atoms with Crippen LogP contribution in [0.25, 0.3) is 54.9 Å². The van der Waals surface area contributed by atoms with E-state index in [1.54, 1.807) is 0 Å². The van der Waals surface area contributed by atoms with Gasteiger partial charge in [-0.15, -0.1) is 0 Å². The zero-order chi connectivity index (χ0) is 31.9. The topological polar surface area (TPSA) is 59.9 Å². The Kier molecular flexibility index (Phi) is 6.92. The zero-order valence-corrected chi connectivity index (χ0v) is 25.7. The van der Waals surface area contributed by atoms with E-state index in [4.69, 9.17) is 14.4 Å². The Morgan fingerprint density at radius 2 is 1.26 bits per heavy atom. The van der Waals surface area contributed by atoms with Gasteiger partial charge in [-0.05, 0) is 42.3 Å². The van der Waals surface area contributed by atoms with Crippen LogP contribution in [0.4, 0.5) is 0 Å². The molecule has 0 aliphatic carbocycles. The summed E-state index contributed by atoms with van der Waals surface area (Å²) in [6.45, 7) is 6.27. The lowest BCUT2D eigenvalue weighted by molar-refractivity contribution is 0.570. The molecule has 0 spiro atoms. The molecule has 0 saturated carbocycles. The van der Waals surface area contributed by atoms with E-state index < -0.39 is 0 Å². The third-order valence-electron chi connectivity index (χ3n) is 8.60. The van der Waals surface area contributed by atoms with Crippen LogP contribution in [0, 0.1) is 0 Å². The number of para-hydroxylation sites is 2. The first-order chi connectivity index (χ1) is 23.1. The molecule has 0 saturated heterocycles. The van der Waals surface area contributed by atoms with E-state index >= 15 is 0 Å². The first-order valence-corrected chi connectivity index (χ1v) is 15.5. The van der Waals surface area contributed by atoms with Gasteiger partial charge in [0.1, 0.15) is 5.58 Å². The highest BCUT2D eigenvalue weighted by Gasteiger charge is 2.19. The van der Waals surface area contributed by atoms with Crippen LogP contribution >= 0.6 is 0 Å². The Labute approximate surface area is 271 Å². The lowest BCUT2D eigenvalue weighted by Gasteiger charge is -2.12. The Hall–Kier alpha value is -6.33. The van der Waals surface area contributed by atoms with Crippen molar-refractivity contribution in [2.75, 3.05) is 0 Å². The molecular formula is C42H29N3O2. The minimum Gasteiger partial charge on any atom is -0.422 e. The number of aromatic nitrogens is 1. The maximum atomic E-state index is 13.7. The number of nitrogens with zero attached hydrogens (tertiary/aromatic N) is 3. The number of aliphatic imine (C=N–C) groups is 2. The SMILES string of the molecule is C=C(/N=C(\N=C(/C)c1ccccc1)c1cccc(-n2c3ccccc3c3ccc4c5ccccc5oc(=O)c4c32)c1)c1ccccc1. The van der Waals surface area contributed by atoms with Gasteiger partial charge in [-0.1, -0.05) is 128 Å². The molecule has 0 radical (unpaired) electrons. The van der Waals surface area contributed by atoms with Gasteiger partial charge in [0.2, 0.25) is 0 Å². The monoisotopic (exact) mass is 607 g/mol. The molecule has 5 heteroatoms. The molecule has 8 aromatic rings. The molecule has 5 nitrogen and oxygen atoms in total. The Balaban J connectivity index is 1.39. The molecule has 0 amide bonds. The molecule has 0 fully saturated rings. The van der Waals surface area contributed by atoms with Crippen LogP contribution in [0.3, 0.4) is 0 Å². The quantitative estimate of drug-likeness (QED) is 0.0846.